The van der Waals surface area contributed by atoms with E-state index >= 15 is 0 Å². The van der Waals surface area contributed by atoms with Gasteiger partial charge in [-0.1, -0.05) is 15.9 Å². The van der Waals surface area contributed by atoms with Crippen molar-refractivity contribution in [3.05, 3.63) is 29.8 Å². The number of alkyl halides is 4. The van der Waals surface area contributed by atoms with Crippen molar-refractivity contribution in [3.8, 4) is 0 Å². The van der Waals surface area contributed by atoms with Crippen LogP contribution >= 0.6 is 15.9 Å². The van der Waals surface area contributed by atoms with Gasteiger partial charge in [0, 0.05) is 24.1 Å². The Bertz CT molecular complexity index is 413. The molecule has 0 amide bonds. The normalized spacial score (nSPS) is 17.5. The molecule has 112 valence electrons. The lowest BCUT2D eigenvalue weighted by Gasteiger charge is -2.33. The van der Waals surface area contributed by atoms with Crippen LogP contribution in [0.4, 0.5) is 18.9 Å². The van der Waals surface area contributed by atoms with Gasteiger partial charge in [0.25, 0.3) is 0 Å². The molecule has 1 aromatic rings. The summed E-state index contributed by atoms with van der Waals surface area (Å²) in [5.74, 6) is 0. The first-order chi connectivity index (χ1) is 9.50. The standard InChI is InChI=1S/C14H17BrF3NO/c15-7-10-20-13-5-8-19(9-6-13)12-3-1-11(2-4-12)14(16,17)18/h1-4,13H,5-10H2. The number of halogens is 4. The molecule has 2 nitrogen and oxygen atoms in total. The third-order valence-electron chi connectivity index (χ3n) is 3.43. The summed E-state index contributed by atoms with van der Waals surface area (Å²) in [6.45, 7) is 2.33. The van der Waals surface area contributed by atoms with Gasteiger partial charge in [-0.25, -0.2) is 0 Å². The molecule has 0 saturated carbocycles. The smallest absolute Gasteiger partial charge is 0.377 e. The van der Waals surface area contributed by atoms with Crippen LogP contribution in [-0.4, -0.2) is 31.1 Å². The number of hydrogen-bond donors (Lipinski definition) is 0. The van der Waals surface area contributed by atoms with E-state index in [1.807, 2.05) is 0 Å². The Balaban J connectivity index is 1.90. The minimum atomic E-state index is -4.27. The van der Waals surface area contributed by atoms with E-state index in [0.29, 0.717) is 6.61 Å². The highest BCUT2D eigenvalue weighted by atomic mass is 79.9. The quantitative estimate of drug-likeness (QED) is 0.757. The zero-order valence-corrected chi connectivity index (χ0v) is 12.6. The third kappa shape index (κ3) is 4.12. The zero-order chi connectivity index (χ0) is 14.6. The Kier molecular flexibility index (Phi) is 5.32. The molecule has 0 atom stereocenters. The highest BCUT2D eigenvalue weighted by Crippen LogP contribution is 2.31. The van der Waals surface area contributed by atoms with Crippen molar-refractivity contribution in [2.75, 3.05) is 29.9 Å². The fourth-order valence-electron chi connectivity index (χ4n) is 2.35. The summed E-state index contributed by atoms with van der Waals surface area (Å²) in [6.07, 6.45) is -2.19. The molecule has 0 N–H and O–H groups in total. The molecule has 1 aromatic carbocycles. The van der Waals surface area contributed by atoms with Crippen LogP contribution in [0.25, 0.3) is 0 Å². The predicted molar refractivity (Wildman–Crippen MR) is 76.4 cm³/mol. The van der Waals surface area contributed by atoms with E-state index in [2.05, 4.69) is 20.8 Å². The van der Waals surface area contributed by atoms with Gasteiger partial charge in [-0.05, 0) is 37.1 Å². The molecule has 20 heavy (non-hydrogen) atoms. The maximum Gasteiger partial charge on any atom is 0.416 e. The zero-order valence-electron chi connectivity index (χ0n) is 11.0. The van der Waals surface area contributed by atoms with Crippen LogP contribution in [-0.2, 0) is 10.9 Å². The fourth-order valence-corrected chi connectivity index (χ4v) is 2.54. The van der Waals surface area contributed by atoms with Gasteiger partial charge in [0.15, 0.2) is 0 Å². The molecule has 1 aliphatic heterocycles. The van der Waals surface area contributed by atoms with Crippen LogP contribution in [0.3, 0.4) is 0 Å². The SMILES string of the molecule is FC(F)(F)c1ccc(N2CCC(OCCBr)CC2)cc1. The van der Waals surface area contributed by atoms with E-state index in [1.165, 1.54) is 0 Å². The first kappa shape index (κ1) is 15.6. The second-order valence-electron chi connectivity index (χ2n) is 4.79. The lowest BCUT2D eigenvalue weighted by Crippen LogP contribution is -2.37. The summed E-state index contributed by atoms with van der Waals surface area (Å²) in [4.78, 5) is 2.11. The minimum absolute atomic E-state index is 0.262. The summed E-state index contributed by atoms with van der Waals surface area (Å²) in [5.41, 5.74) is 0.244. The average Bonchev–Trinajstić information content (AvgIpc) is 2.45. The predicted octanol–water partition coefficient (Wildman–Crippen LogP) is 4.09. The van der Waals surface area contributed by atoms with Crippen molar-refractivity contribution in [1.29, 1.82) is 0 Å². The lowest BCUT2D eigenvalue weighted by molar-refractivity contribution is -0.137. The molecular weight excluding hydrogens is 335 g/mol. The lowest BCUT2D eigenvalue weighted by atomic mass is 10.1. The molecule has 0 aromatic heterocycles. The monoisotopic (exact) mass is 351 g/mol. The van der Waals surface area contributed by atoms with E-state index in [0.717, 1.165) is 49.1 Å². The molecule has 1 heterocycles. The number of benzene rings is 1. The van der Waals surface area contributed by atoms with Crippen LogP contribution < -0.4 is 4.90 Å². The van der Waals surface area contributed by atoms with Gasteiger partial charge >= 0.3 is 6.18 Å². The van der Waals surface area contributed by atoms with Crippen molar-refractivity contribution in [3.63, 3.8) is 0 Å². The minimum Gasteiger partial charge on any atom is -0.377 e. The largest absolute Gasteiger partial charge is 0.416 e. The number of rotatable bonds is 4. The molecule has 1 saturated heterocycles. The molecule has 1 fully saturated rings. The molecule has 1 aliphatic rings. The molecule has 0 unspecified atom stereocenters. The summed E-state index contributed by atoms with van der Waals surface area (Å²) in [6, 6.07) is 5.37. The van der Waals surface area contributed by atoms with Crippen LogP contribution in [0.2, 0.25) is 0 Å². The van der Waals surface area contributed by atoms with E-state index < -0.39 is 11.7 Å². The first-order valence-electron chi connectivity index (χ1n) is 6.60. The van der Waals surface area contributed by atoms with Crippen LogP contribution in [0.5, 0.6) is 0 Å². The first-order valence-corrected chi connectivity index (χ1v) is 7.72. The van der Waals surface area contributed by atoms with E-state index in [4.69, 9.17) is 4.74 Å². The highest BCUT2D eigenvalue weighted by molar-refractivity contribution is 9.09. The number of ether oxygens (including phenoxy) is 1. The molecule has 0 aliphatic carbocycles. The van der Waals surface area contributed by atoms with Crippen molar-refractivity contribution >= 4 is 21.6 Å². The van der Waals surface area contributed by atoms with Crippen molar-refractivity contribution < 1.29 is 17.9 Å². The maximum absolute atomic E-state index is 12.5. The van der Waals surface area contributed by atoms with Crippen molar-refractivity contribution in [1.82, 2.24) is 0 Å². The Morgan fingerprint density at radius 2 is 1.75 bits per heavy atom. The summed E-state index contributed by atoms with van der Waals surface area (Å²) < 4.78 is 43.2. The topological polar surface area (TPSA) is 12.5 Å². The molecule has 0 bridgehead atoms. The number of piperidine rings is 1. The Morgan fingerprint density at radius 3 is 2.25 bits per heavy atom. The van der Waals surface area contributed by atoms with Crippen LogP contribution in [0.1, 0.15) is 18.4 Å². The molecular formula is C14H17BrF3NO. The van der Waals surface area contributed by atoms with Gasteiger partial charge in [-0.15, -0.1) is 0 Å². The van der Waals surface area contributed by atoms with Crippen LogP contribution in [0, 0.1) is 0 Å². The van der Waals surface area contributed by atoms with E-state index in [1.54, 1.807) is 12.1 Å². The second-order valence-corrected chi connectivity index (χ2v) is 5.58. The molecule has 0 spiro atoms. The van der Waals surface area contributed by atoms with Gasteiger partial charge < -0.3 is 9.64 Å². The Morgan fingerprint density at radius 1 is 1.15 bits per heavy atom. The Labute approximate surface area is 125 Å². The van der Waals surface area contributed by atoms with Gasteiger partial charge in [0.1, 0.15) is 0 Å². The van der Waals surface area contributed by atoms with Gasteiger partial charge in [-0.2, -0.15) is 13.2 Å². The molecule has 6 heteroatoms. The fraction of sp³-hybridized carbons (Fsp3) is 0.571. The molecule has 0 radical (unpaired) electrons. The third-order valence-corrected chi connectivity index (χ3v) is 3.76. The van der Waals surface area contributed by atoms with E-state index in [9.17, 15) is 13.2 Å². The van der Waals surface area contributed by atoms with Crippen molar-refractivity contribution in [2.45, 2.75) is 25.1 Å². The van der Waals surface area contributed by atoms with Crippen LogP contribution in [0.15, 0.2) is 24.3 Å². The van der Waals surface area contributed by atoms with Gasteiger partial charge in [-0.3, -0.25) is 0 Å². The Hall–Kier alpha value is -0.750. The molecule has 2 rings (SSSR count). The van der Waals surface area contributed by atoms with Gasteiger partial charge in [0.05, 0.1) is 18.3 Å². The number of nitrogens with zero attached hydrogens (tertiary/aromatic N) is 1. The van der Waals surface area contributed by atoms with Gasteiger partial charge in [0.2, 0.25) is 0 Å². The number of anilines is 1. The average molecular weight is 352 g/mol. The number of hydrogen-bond acceptors (Lipinski definition) is 2. The summed E-state index contributed by atoms with van der Waals surface area (Å²) >= 11 is 3.32. The highest BCUT2D eigenvalue weighted by Gasteiger charge is 2.30. The van der Waals surface area contributed by atoms with Crippen molar-refractivity contribution in [2.24, 2.45) is 0 Å². The van der Waals surface area contributed by atoms with E-state index in [-0.39, 0.29) is 6.10 Å². The second kappa shape index (κ2) is 6.80. The summed E-state index contributed by atoms with van der Waals surface area (Å²) in [7, 11) is 0. The maximum atomic E-state index is 12.5. The summed E-state index contributed by atoms with van der Waals surface area (Å²) in [5, 5.41) is 0.826.